The van der Waals surface area contributed by atoms with E-state index in [1.807, 2.05) is 0 Å². The number of benzene rings is 1. The molecule has 1 aliphatic rings. The summed E-state index contributed by atoms with van der Waals surface area (Å²) in [7, 11) is 0. The van der Waals surface area contributed by atoms with Crippen LogP contribution in [0.25, 0.3) is 0 Å². The number of anilines is 1. The average Bonchev–Trinajstić information content (AvgIpc) is 2.41. The number of hydrogen-bond acceptors (Lipinski definition) is 3. The number of aliphatic hydroxyl groups excluding tert-OH is 1. The maximum absolute atomic E-state index is 9.19. The quantitative estimate of drug-likeness (QED) is 0.743. The molecule has 4 heteroatoms. The predicted octanol–water partition coefficient (Wildman–Crippen LogP) is 3.86. The summed E-state index contributed by atoms with van der Waals surface area (Å²) in [5, 5.41) is 12.7. The third-order valence-corrected chi connectivity index (χ3v) is 4.84. The molecule has 1 aromatic carbocycles. The summed E-state index contributed by atoms with van der Waals surface area (Å²) >= 11 is 3.60. The van der Waals surface area contributed by atoms with E-state index in [1.165, 1.54) is 30.5 Å². The predicted molar refractivity (Wildman–Crippen MR) is 92.9 cm³/mol. The second-order valence-electron chi connectivity index (χ2n) is 5.84. The third-order valence-electron chi connectivity index (χ3n) is 4.35. The first-order valence-corrected chi connectivity index (χ1v) is 8.87. The summed E-state index contributed by atoms with van der Waals surface area (Å²) in [6.45, 7) is 6.53. The second kappa shape index (κ2) is 8.16. The van der Waals surface area contributed by atoms with Crippen molar-refractivity contribution in [3.05, 3.63) is 28.2 Å². The Labute approximate surface area is 136 Å². The highest BCUT2D eigenvalue weighted by molar-refractivity contribution is 9.10. The molecule has 2 rings (SSSR count). The van der Waals surface area contributed by atoms with Gasteiger partial charge in [-0.15, -0.1) is 0 Å². The van der Waals surface area contributed by atoms with Crippen LogP contribution in [0.15, 0.2) is 22.7 Å². The minimum absolute atomic E-state index is 0.262. The maximum Gasteiger partial charge on any atom is 0.0447 e. The van der Waals surface area contributed by atoms with E-state index in [-0.39, 0.29) is 6.61 Å². The molecule has 0 amide bonds. The lowest BCUT2D eigenvalue weighted by molar-refractivity contribution is 0.283. The van der Waals surface area contributed by atoms with Crippen molar-refractivity contribution < 1.29 is 5.11 Å². The lowest BCUT2D eigenvalue weighted by Gasteiger charge is -2.41. The summed E-state index contributed by atoms with van der Waals surface area (Å²) in [6.07, 6.45) is 4.71. The molecule has 3 nitrogen and oxygen atoms in total. The van der Waals surface area contributed by atoms with Gasteiger partial charge in [0.05, 0.1) is 0 Å². The van der Waals surface area contributed by atoms with E-state index in [0.29, 0.717) is 12.1 Å². The van der Waals surface area contributed by atoms with Gasteiger partial charge in [-0.2, -0.15) is 0 Å². The van der Waals surface area contributed by atoms with Crippen molar-refractivity contribution in [2.75, 3.05) is 24.6 Å². The Balaban J connectivity index is 2.29. The topological polar surface area (TPSA) is 35.5 Å². The van der Waals surface area contributed by atoms with Gasteiger partial charge >= 0.3 is 0 Å². The Morgan fingerprint density at radius 2 is 2.19 bits per heavy atom. The number of halogens is 1. The SMILES string of the molecule is CCNC(C)c1cc(Br)ccc1N(CCCO)C1CCC1. The molecule has 1 unspecified atom stereocenters. The van der Waals surface area contributed by atoms with Gasteiger partial charge < -0.3 is 15.3 Å². The van der Waals surface area contributed by atoms with Gasteiger partial charge in [0.2, 0.25) is 0 Å². The summed E-state index contributed by atoms with van der Waals surface area (Å²) in [4.78, 5) is 2.51. The highest BCUT2D eigenvalue weighted by Gasteiger charge is 2.27. The number of hydrogen-bond donors (Lipinski definition) is 2. The normalized spacial score (nSPS) is 16.6. The number of nitrogens with zero attached hydrogens (tertiary/aromatic N) is 1. The standard InChI is InChI=1S/C17H27BrN2O/c1-3-19-13(2)16-12-14(18)8-9-17(16)20(10-5-11-21)15-6-4-7-15/h8-9,12-13,15,19,21H,3-7,10-11H2,1-2H3. The molecule has 0 spiro atoms. The molecular formula is C17H27BrN2O. The van der Waals surface area contributed by atoms with Gasteiger partial charge in [0.1, 0.15) is 0 Å². The first-order valence-electron chi connectivity index (χ1n) is 8.07. The van der Waals surface area contributed by atoms with Crippen molar-refractivity contribution in [1.82, 2.24) is 5.32 Å². The first-order chi connectivity index (χ1) is 10.2. The Hall–Kier alpha value is -0.580. The molecule has 118 valence electrons. The molecule has 1 saturated carbocycles. The molecule has 0 heterocycles. The molecule has 2 N–H and O–H groups in total. The minimum Gasteiger partial charge on any atom is -0.396 e. The lowest BCUT2D eigenvalue weighted by atomic mass is 9.90. The van der Waals surface area contributed by atoms with E-state index in [2.05, 4.69) is 58.2 Å². The van der Waals surface area contributed by atoms with Crippen molar-refractivity contribution in [2.45, 2.75) is 51.6 Å². The summed E-state index contributed by atoms with van der Waals surface area (Å²) in [5.74, 6) is 0. The van der Waals surface area contributed by atoms with Crippen molar-refractivity contribution in [2.24, 2.45) is 0 Å². The molecule has 1 aromatic rings. The van der Waals surface area contributed by atoms with Crippen LogP contribution in [0.3, 0.4) is 0 Å². The van der Waals surface area contributed by atoms with E-state index in [4.69, 9.17) is 0 Å². The highest BCUT2D eigenvalue weighted by atomic mass is 79.9. The molecular weight excluding hydrogens is 328 g/mol. The van der Waals surface area contributed by atoms with Crippen LogP contribution < -0.4 is 10.2 Å². The Bertz CT molecular complexity index is 448. The van der Waals surface area contributed by atoms with Crippen molar-refractivity contribution in [3.8, 4) is 0 Å². The molecule has 0 radical (unpaired) electrons. The average molecular weight is 355 g/mol. The van der Waals surface area contributed by atoms with Crippen LogP contribution >= 0.6 is 15.9 Å². The van der Waals surface area contributed by atoms with Gasteiger partial charge in [0.25, 0.3) is 0 Å². The van der Waals surface area contributed by atoms with Crippen LogP contribution in [0, 0.1) is 0 Å². The van der Waals surface area contributed by atoms with Crippen LogP contribution in [-0.2, 0) is 0 Å². The van der Waals surface area contributed by atoms with E-state index < -0.39 is 0 Å². The number of nitrogens with one attached hydrogen (secondary N) is 1. The Morgan fingerprint density at radius 3 is 2.76 bits per heavy atom. The molecule has 0 aromatic heterocycles. The molecule has 21 heavy (non-hydrogen) atoms. The third kappa shape index (κ3) is 4.21. The highest BCUT2D eigenvalue weighted by Crippen LogP contribution is 2.35. The van der Waals surface area contributed by atoms with Crippen LogP contribution in [0.2, 0.25) is 0 Å². The van der Waals surface area contributed by atoms with Crippen molar-refractivity contribution in [1.29, 1.82) is 0 Å². The zero-order chi connectivity index (χ0) is 15.2. The van der Waals surface area contributed by atoms with Gasteiger partial charge in [-0.05, 0) is 62.9 Å². The van der Waals surface area contributed by atoms with E-state index >= 15 is 0 Å². The second-order valence-corrected chi connectivity index (χ2v) is 6.75. The Kier molecular flexibility index (Phi) is 6.52. The molecule has 0 aliphatic heterocycles. The van der Waals surface area contributed by atoms with Crippen LogP contribution in [0.5, 0.6) is 0 Å². The number of aliphatic hydroxyl groups is 1. The van der Waals surface area contributed by atoms with Crippen LogP contribution in [0.1, 0.15) is 51.1 Å². The van der Waals surface area contributed by atoms with E-state index in [0.717, 1.165) is 24.0 Å². The van der Waals surface area contributed by atoms with Gasteiger partial charge in [0, 0.05) is 35.4 Å². The fourth-order valence-electron chi connectivity index (χ4n) is 2.99. The van der Waals surface area contributed by atoms with Crippen molar-refractivity contribution >= 4 is 21.6 Å². The monoisotopic (exact) mass is 354 g/mol. The number of rotatable bonds is 8. The zero-order valence-electron chi connectivity index (χ0n) is 13.1. The molecule has 1 aliphatic carbocycles. The molecule has 0 bridgehead atoms. The minimum atomic E-state index is 0.262. The van der Waals surface area contributed by atoms with Crippen LogP contribution in [-0.4, -0.2) is 30.8 Å². The molecule has 0 saturated heterocycles. The molecule has 1 fully saturated rings. The van der Waals surface area contributed by atoms with E-state index in [1.54, 1.807) is 0 Å². The molecule has 1 atom stereocenters. The van der Waals surface area contributed by atoms with Gasteiger partial charge in [-0.1, -0.05) is 22.9 Å². The van der Waals surface area contributed by atoms with Crippen LogP contribution in [0.4, 0.5) is 5.69 Å². The fraction of sp³-hybridized carbons (Fsp3) is 0.647. The summed E-state index contributed by atoms with van der Waals surface area (Å²) in [6, 6.07) is 7.56. The van der Waals surface area contributed by atoms with E-state index in [9.17, 15) is 5.11 Å². The fourth-order valence-corrected chi connectivity index (χ4v) is 3.37. The summed E-state index contributed by atoms with van der Waals surface area (Å²) < 4.78 is 1.13. The van der Waals surface area contributed by atoms with Gasteiger partial charge in [-0.3, -0.25) is 0 Å². The first kappa shape index (κ1) is 16.8. The lowest BCUT2D eigenvalue weighted by Crippen LogP contribution is -2.42. The summed E-state index contributed by atoms with van der Waals surface area (Å²) in [5.41, 5.74) is 2.67. The van der Waals surface area contributed by atoms with Crippen molar-refractivity contribution in [3.63, 3.8) is 0 Å². The zero-order valence-corrected chi connectivity index (χ0v) is 14.7. The smallest absolute Gasteiger partial charge is 0.0447 e. The maximum atomic E-state index is 9.19. The van der Waals surface area contributed by atoms with Gasteiger partial charge in [0.15, 0.2) is 0 Å². The van der Waals surface area contributed by atoms with Gasteiger partial charge in [-0.25, -0.2) is 0 Å². The Morgan fingerprint density at radius 1 is 1.43 bits per heavy atom. The largest absolute Gasteiger partial charge is 0.396 e.